The van der Waals surface area contributed by atoms with Gasteiger partial charge in [-0.05, 0) is 29.8 Å². The van der Waals surface area contributed by atoms with E-state index in [1.807, 2.05) is 0 Å². The summed E-state index contributed by atoms with van der Waals surface area (Å²) < 4.78 is 18.7. The lowest BCUT2D eigenvalue weighted by Crippen LogP contribution is -1.90. The molecule has 2 rings (SSSR count). The molecule has 0 unspecified atom stereocenters. The molecule has 18 heavy (non-hydrogen) atoms. The fourth-order valence-corrected chi connectivity index (χ4v) is 1.77. The highest BCUT2D eigenvalue weighted by molar-refractivity contribution is 6.34. The van der Waals surface area contributed by atoms with Crippen LogP contribution in [0.2, 0.25) is 10.0 Å². The average molecular weight is 287 g/mol. The van der Waals surface area contributed by atoms with E-state index in [-0.39, 0.29) is 12.4 Å². The van der Waals surface area contributed by atoms with Crippen molar-refractivity contribution in [2.75, 3.05) is 0 Å². The average Bonchev–Trinajstić information content (AvgIpc) is 2.33. The molecule has 0 spiro atoms. The van der Waals surface area contributed by atoms with Gasteiger partial charge in [0.25, 0.3) is 0 Å². The second-order valence-corrected chi connectivity index (χ2v) is 4.47. The molecule has 0 bridgehead atoms. The Morgan fingerprint density at radius 1 is 1.11 bits per heavy atom. The highest BCUT2D eigenvalue weighted by Crippen LogP contribution is 2.32. The molecule has 0 aliphatic heterocycles. The maximum Gasteiger partial charge on any atom is 0.147 e. The minimum absolute atomic E-state index is 0.253. The Labute approximate surface area is 114 Å². The maximum atomic E-state index is 13.2. The summed E-state index contributed by atoms with van der Waals surface area (Å²) in [5, 5.41) is 9.82. The van der Waals surface area contributed by atoms with Gasteiger partial charge < -0.3 is 9.84 Å². The highest BCUT2D eigenvalue weighted by atomic mass is 35.5. The Balaban J connectivity index is 2.33. The fourth-order valence-electron chi connectivity index (χ4n) is 1.45. The van der Waals surface area contributed by atoms with Gasteiger partial charge in [0.2, 0.25) is 0 Å². The normalized spacial score (nSPS) is 10.4. The standard InChI is InChI=1S/C13H9Cl2FO2/c14-9-1-2-12(15)13(5-9)18-11-4-8(7-17)3-10(16)6-11/h1-6,17H,7H2. The van der Waals surface area contributed by atoms with Crippen LogP contribution < -0.4 is 4.74 Å². The van der Waals surface area contributed by atoms with Crippen molar-refractivity contribution in [1.29, 1.82) is 0 Å². The second-order valence-electron chi connectivity index (χ2n) is 3.63. The van der Waals surface area contributed by atoms with E-state index in [2.05, 4.69) is 0 Å². The summed E-state index contributed by atoms with van der Waals surface area (Å²) >= 11 is 11.8. The number of halogens is 3. The van der Waals surface area contributed by atoms with Crippen LogP contribution in [0.25, 0.3) is 0 Å². The molecule has 94 valence electrons. The molecule has 0 amide bonds. The van der Waals surface area contributed by atoms with E-state index in [4.69, 9.17) is 33.0 Å². The van der Waals surface area contributed by atoms with Gasteiger partial charge in [-0.25, -0.2) is 4.39 Å². The number of ether oxygens (including phenoxy) is 1. The zero-order valence-corrected chi connectivity index (χ0v) is 10.7. The number of aliphatic hydroxyl groups excluding tert-OH is 1. The monoisotopic (exact) mass is 286 g/mol. The molecule has 0 saturated heterocycles. The molecule has 0 aromatic heterocycles. The van der Waals surface area contributed by atoms with Gasteiger partial charge in [-0.1, -0.05) is 23.2 Å². The van der Waals surface area contributed by atoms with Gasteiger partial charge in [-0.15, -0.1) is 0 Å². The molecule has 0 fully saturated rings. The second kappa shape index (κ2) is 5.57. The van der Waals surface area contributed by atoms with Crippen molar-refractivity contribution in [1.82, 2.24) is 0 Å². The molecule has 0 saturated carbocycles. The minimum atomic E-state index is -0.491. The third-order valence-corrected chi connectivity index (χ3v) is 2.78. The van der Waals surface area contributed by atoms with E-state index in [1.165, 1.54) is 24.3 Å². The molecule has 2 aromatic carbocycles. The van der Waals surface area contributed by atoms with Crippen molar-refractivity contribution < 1.29 is 14.2 Å². The first-order chi connectivity index (χ1) is 8.58. The lowest BCUT2D eigenvalue weighted by molar-refractivity contribution is 0.280. The Hall–Kier alpha value is -1.29. The van der Waals surface area contributed by atoms with Gasteiger partial charge in [-0.3, -0.25) is 0 Å². The number of benzene rings is 2. The maximum absolute atomic E-state index is 13.2. The SMILES string of the molecule is OCc1cc(F)cc(Oc2cc(Cl)ccc2Cl)c1. The summed E-state index contributed by atoms with van der Waals surface area (Å²) in [6.07, 6.45) is 0. The molecule has 2 nitrogen and oxygen atoms in total. The lowest BCUT2D eigenvalue weighted by Gasteiger charge is -2.09. The first-order valence-corrected chi connectivity index (χ1v) is 5.87. The zero-order chi connectivity index (χ0) is 13.1. The van der Waals surface area contributed by atoms with Crippen LogP contribution in [0.15, 0.2) is 36.4 Å². The third-order valence-electron chi connectivity index (χ3n) is 2.23. The van der Waals surface area contributed by atoms with Crippen LogP contribution in [0.3, 0.4) is 0 Å². The summed E-state index contributed by atoms with van der Waals surface area (Å²) in [7, 11) is 0. The number of rotatable bonds is 3. The molecule has 5 heteroatoms. The van der Waals surface area contributed by atoms with Crippen molar-refractivity contribution in [3.63, 3.8) is 0 Å². The summed E-state index contributed by atoms with van der Waals surface area (Å²) in [6.45, 7) is -0.266. The minimum Gasteiger partial charge on any atom is -0.456 e. The molecular weight excluding hydrogens is 278 g/mol. The molecule has 0 atom stereocenters. The van der Waals surface area contributed by atoms with Crippen molar-refractivity contribution in [3.8, 4) is 11.5 Å². The molecule has 0 aliphatic carbocycles. The predicted molar refractivity (Wildman–Crippen MR) is 68.9 cm³/mol. The van der Waals surface area contributed by atoms with E-state index >= 15 is 0 Å². The van der Waals surface area contributed by atoms with E-state index in [0.29, 0.717) is 21.4 Å². The Morgan fingerprint density at radius 2 is 1.89 bits per heavy atom. The summed E-state index contributed by atoms with van der Waals surface area (Å²) in [5.74, 6) is 0.0940. The Kier molecular flexibility index (Phi) is 4.07. The van der Waals surface area contributed by atoms with Crippen LogP contribution in [0.4, 0.5) is 4.39 Å². The number of hydrogen-bond donors (Lipinski definition) is 1. The Morgan fingerprint density at radius 3 is 2.61 bits per heavy atom. The zero-order valence-electron chi connectivity index (χ0n) is 9.16. The topological polar surface area (TPSA) is 29.5 Å². The van der Waals surface area contributed by atoms with Crippen LogP contribution >= 0.6 is 23.2 Å². The molecule has 0 heterocycles. The van der Waals surface area contributed by atoms with Gasteiger partial charge in [0.15, 0.2) is 0 Å². The molecular formula is C13H9Cl2FO2. The van der Waals surface area contributed by atoms with Crippen LogP contribution in [0.5, 0.6) is 11.5 Å². The van der Waals surface area contributed by atoms with Gasteiger partial charge in [0.1, 0.15) is 17.3 Å². The number of aliphatic hydroxyl groups is 1. The first kappa shape index (κ1) is 13.1. The van der Waals surface area contributed by atoms with Crippen LogP contribution in [-0.2, 0) is 6.61 Å². The van der Waals surface area contributed by atoms with E-state index in [1.54, 1.807) is 12.1 Å². The van der Waals surface area contributed by atoms with E-state index in [9.17, 15) is 4.39 Å². The van der Waals surface area contributed by atoms with Crippen LogP contribution in [0.1, 0.15) is 5.56 Å². The summed E-state index contributed by atoms with van der Waals surface area (Å²) in [6, 6.07) is 8.71. The van der Waals surface area contributed by atoms with Gasteiger partial charge in [0.05, 0.1) is 11.6 Å². The van der Waals surface area contributed by atoms with Crippen molar-refractivity contribution in [3.05, 3.63) is 57.8 Å². The lowest BCUT2D eigenvalue weighted by atomic mass is 10.2. The van der Waals surface area contributed by atoms with E-state index in [0.717, 1.165) is 0 Å². The molecule has 1 N–H and O–H groups in total. The molecule has 0 radical (unpaired) electrons. The van der Waals surface area contributed by atoms with Gasteiger partial charge in [-0.2, -0.15) is 0 Å². The Bertz CT molecular complexity index is 573. The van der Waals surface area contributed by atoms with Crippen molar-refractivity contribution in [2.45, 2.75) is 6.61 Å². The smallest absolute Gasteiger partial charge is 0.147 e. The van der Waals surface area contributed by atoms with Gasteiger partial charge in [0, 0.05) is 17.2 Å². The molecule has 2 aromatic rings. The predicted octanol–water partition coefficient (Wildman–Crippen LogP) is 4.42. The third kappa shape index (κ3) is 3.13. The fraction of sp³-hybridized carbons (Fsp3) is 0.0769. The number of hydrogen-bond acceptors (Lipinski definition) is 2. The quantitative estimate of drug-likeness (QED) is 0.905. The summed E-state index contributed by atoms with van der Waals surface area (Å²) in [4.78, 5) is 0. The van der Waals surface area contributed by atoms with Crippen LogP contribution in [0, 0.1) is 5.82 Å². The van der Waals surface area contributed by atoms with E-state index < -0.39 is 5.82 Å². The summed E-state index contributed by atoms with van der Waals surface area (Å²) in [5.41, 5.74) is 0.420. The van der Waals surface area contributed by atoms with Crippen molar-refractivity contribution >= 4 is 23.2 Å². The highest BCUT2D eigenvalue weighted by Gasteiger charge is 2.06. The first-order valence-electron chi connectivity index (χ1n) is 5.12. The largest absolute Gasteiger partial charge is 0.456 e. The molecule has 0 aliphatic rings. The van der Waals surface area contributed by atoms with Gasteiger partial charge >= 0.3 is 0 Å². The van der Waals surface area contributed by atoms with Crippen LogP contribution in [-0.4, -0.2) is 5.11 Å². The van der Waals surface area contributed by atoms with Crippen molar-refractivity contribution in [2.24, 2.45) is 0 Å².